The molecule has 0 radical (unpaired) electrons. The Hall–Kier alpha value is 0.140. The van der Waals surface area contributed by atoms with Crippen molar-refractivity contribution in [1.82, 2.24) is 9.62 Å². The smallest absolute Gasteiger partial charge is 0.0189 e. The number of hydrogen-bond donors (Lipinski definition) is 2. The molecule has 60 valence electrons. The van der Waals surface area contributed by atoms with Gasteiger partial charge in [-0.05, 0) is 33.0 Å². The van der Waals surface area contributed by atoms with Gasteiger partial charge < -0.3 is 4.90 Å². The molecule has 1 fully saturated rings. The molecule has 0 aromatic carbocycles. The lowest BCUT2D eigenvalue weighted by atomic mass is 10.1. The van der Waals surface area contributed by atoms with Crippen molar-refractivity contribution in [2.45, 2.75) is 18.9 Å². The Balaban J connectivity index is 2.19. The van der Waals surface area contributed by atoms with Crippen LogP contribution in [0, 0.1) is 0 Å². The van der Waals surface area contributed by atoms with E-state index in [1.165, 1.54) is 25.9 Å². The van der Waals surface area contributed by atoms with Gasteiger partial charge in [-0.1, -0.05) is 5.87 Å². The van der Waals surface area contributed by atoms with Gasteiger partial charge in [-0.15, -0.1) is 11.5 Å². The molecule has 0 aliphatic carbocycles. The van der Waals surface area contributed by atoms with Gasteiger partial charge in [0.05, 0.1) is 0 Å². The molecule has 1 heterocycles. The maximum absolute atomic E-state index is 3.75. The van der Waals surface area contributed by atoms with E-state index in [9.17, 15) is 0 Å². The van der Waals surface area contributed by atoms with Gasteiger partial charge in [-0.3, -0.25) is 4.72 Å². The third kappa shape index (κ3) is 2.40. The lowest BCUT2D eigenvalue weighted by Gasteiger charge is -2.28. The highest BCUT2D eigenvalue weighted by atomic mass is 32.1. The van der Waals surface area contributed by atoms with Crippen LogP contribution in [0.2, 0.25) is 0 Å². The summed E-state index contributed by atoms with van der Waals surface area (Å²) in [6, 6.07) is 0.718. The van der Waals surface area contributed by atoms with Crippen LogP contribution in [-0.4, -0.2) is 36.9 Å². The third-order valence-electron chi connectivity index (χ3n) is 1.99. The summed E-state index contributed by atoms with van der Waals surface area (Å²) in [5.41, 5.74) is 0. The van der Waals surface area contributed by atoms with E-state index < -0.39 is 0 Å². The molecule has 10 heavy (non-hydrogen) atoms. The van der Waals surface area contributed by atoms with E-state index in [1.54, 1.807) is 0 Å². The van der Waals surface area contributed by atoms with Crippen molar-refractivity contribution in [3.8, 4) is 0 Å². The second-order valence-electron chi connectivity index (χ2n) is 2.86. The Bertz CT molecular complexity index is 108. The summed E-state index contributed by atoms with van der Waals surface area (Å²) in [5.74, 6) is 3.75. The zero-order chi connectivity index (χ0) is 7.40. The first kappa shape index (κ1) is 8.24. The Morgan fingerprint density at radius 3 is 2.60 bits per heavy atom. The zero-order valence-electron chi connectivity index (χ0n) is 6.51. The quantitative estimate of drug-likeness (QED) is 0.451. The molecule has 0 aromatic rings. The summed E-state index contributed by atoms with van der Waals surface area (Å²) in [7, 11) is 2.18. The molecule has 1 rings (SSSR count). The Morgan fingerprint density at radius 2 is 2.10 bits per heavy atom. The highest BCUT2D eigenvalue weighted by Crippen LogP contribution is 2.08. The molecule has 2 nitrogen and oxygen atoms in total. The Morgan fingerprint density at radius 1 is 1.50 bits per heavy atom. The second kappa shape index (κ2) is 4.11. The van der Waals surface area contributed by atoms with Crippen molar-refractivity contribution in [2.24, 2.45) is 0 Å². The van der Waals surface area contributed by atoms with E-state index >= 15 is 0 Å². The maximum Gasteiger partial charge on any atom is 0.0189 e. The molecule has 1 aliphatic rings. The van der Waals surface area contributed by atoms with Gasteiger partial charge >= 0.3 is 0 Å². The van der Waals surface area contributed by atoms with Gasteiger partial charge in [-0.2, -0.15) is 0 Å². The highest BCUT2D eigenvalue weighted by Gasteiger charge is 2.14. The summed E-state index contributed by atoms with van der Waals surface area (Å²) < 4.78 is 3.34. The highest BCUT2D eigenvalue weighted by molar-refractivity contribution is 7.94. The first-order valence-corrected chi connectivity index (χ1v) is 4.80. The molecule has 0 saturated carbocycles. The molecule has 0 amide bonds. The molecular formula is C7H16N2S. The average Bonchev–Trinajstić information content (AvgIpc) is 1.95. The summed E-state index contributed by atoms with van der Waals surface area (Å²) >= 11 is 1.08. The Labute approximate surface area is 66.7 Å². The van der Waals surface area contributed by atoms with Crippen molar-refractivity contribution in [2.75, 3.05) is 20.1 Å². The molecule has 1 N–H and O–H groups in total. The van der Waals surface area contributed by atoms with Gasteiger partial charge in [0.15, 0.2) is 0 Å². The van der Waals surface area contributed by atoms with Crippen LogP contribution in [0.15, 0.2) is 0 Å². The lowest BCUT2D eigenvalue weighted by molar-refractivity contribution is 0.250. The number of rotatable bonds is 2. The minimum Gasteiger partial charge on any atom is -0.306 e. The first-order valence-electron chi connectivity index (χ1n) is 3.72. The molecule has 1 saturated heterocycles. The second-order valence-corrected chi connectivity index (χ2v) is 3.44. The zero-order valence-corrected chi connectivity index (χ0v) is 7.40. The number of nitrogens with zero attached hydrogens (tertiary/aromatic N) is 1. The molecule has 0 unspecified atom stereocenters. The standard InChI is InChI=1S/C7H16N2S/c1-9-5-3-7(4-6-9)8-10-2/h7-8,10H,2-6H2,1H3. The fourth-order valence-corrected chi connectivity index (χ4v) is 1.78. The monoisotopic (exact) mass is 160 g/mol. The van der Waals surface area contributed by atoms with E-state index in [2.05, 4.69) is 22.5 Å². The minimum atomic E-state index is 0.718. The number of nitrogens with one attached hydrogen (secondary N) is 1. The number of hydrogen-bond acceptors (Lipinski definition) is 2. The number of thiol groups is 1. The summed E-state index contributed by atoms with van der Waals surface area (Å²) in [5, 5.41) is 0. The fraction of sp³-hybridized carbons (Fsp3) is 0.857. The van der Waals surface area contributed by atoms with Crippen molar-refractivity contribution in [3.63, 3.8) is 0 Å². The van der Waals surface area contributed by atoms with Gasteiger partial charge in [-0.25, -0.2) is 0 Å². The van der Waals surface area contributed by atoms with Crippen molar-refractivity contribution < 1.29 is 0 Å². The summed E-state index contributed by atoms with van der Waals surface area (Å²) in [4.78, 5) is 2.37. The Kier molecular flexibility index (Phi) is 3.39. The van der Waals surface area contributed by atoms with Gasteiger partial charge in [0.1, 0.15) is 0 Å². The predicted octanol–water partition coefficient (Wildman–Crippen LogP) is 0.483. The molecule has 0 atom stereocenters. The third-order valence-corrected chi connectivity index (χ3v) is 2.54. The molecule has 3 heteroatoms. The van der Waals surface area contributed by atoms with Crippen LogP contribution in [0.5, 0.6) is 0 Å². The predicted molar refractivity (Wildman–Crippen MR) is 49.8 cm³/mol. The lowest BCUT2D eigenvalue weighted by Crippen LogP contribution is -2.37. The van der Waals surface area contributed by atoms with E-state index in [0.717, 1.165) is 17.6 Å². The average molecular weight is 160 g/mol. The number of likely N-dealkylation sites (tertiary alicyclic amines) is 1. The van der Waals surface area contributed by atoms with Crippen LogP contribution in [-0.2, 0) is 0 Å². The van der Waals surface area contributed by atoms with Crippen LogP contribution in [0.3, 0.4) is 0 Å². The van der Waals surface area contributed by atoms with Crippen LogP contribution >= 0.6 is 11.5 Å². The number of piperidine rings is 1. The van der Waals surface area contributed by atoms with Gasteiger partial charge in [0, 0.05) is 6.04 Å². The molecule has 0 bridgehead atoms. The van der Waals surface area contributed by atoms with Crippen molar-refractivity contribution in [1.29, 1.82) is 0 Å². The fourth-order valence-electron chi connectivity index (χ4n) is 1.27. The minimum absolute atomic E-state index is 0.718. The van der Waals surface area contributed by atoms with Crippen molar-refractivity contribution >= 4 is 17.4 Å². The van der Waals surface area contributed by atoms with E-state index in [4.69, 9.17) is 0 Å². The maximum atomic E-state index is 3.75. The normalized spacial score (nSPS) is 23.3. The summed E-state index contributed by atoms with van der Waals surface area (Å²) in [6.45, 7) is 2.46. The van der Waals surface area contributed by atoms with Crippen molar-refractivity contribution in [3.05, 3.63) is 0 Å². The SMILES string of the molecule is C=[SH]NC1CCN(C)CC1. The van der Waals surface area contributed by atoms with E-state index in [-0.39, 0.29) is 0 Å². The van der Waals surface area contributed by atoms with E-state index in [1.807, 2.05) is 0 Å². The van der Waals surface area contributed by atoms with Crippen LogP contribution in [0.25, 0.3) is 0 Å². The molecule has 1 aliphatic heterocycles. The van der Waals surface area contributed by atoms with Crippen LogP contribution in [0.4, 0.5) is 0 Å². The van der Waals surface area contributed by atoms with Gasteiger partial charge in [0.25, 0.3) is 0 Å². The van der Waals surface area contributed by atoms with E-state index in [0.29, 0.717) is 0 Å². The molecule has 0 aromatic heterocycles. The topological polar surface area (TPSA) is 15.3 Å². The molecule has 0 spiro atoms. The first-order chi connectivity index (χ1) is 4.83. The van der Waals surface area contributed by atoms with Gasteiger partial charge in [0.2, 0.25) is 0 Å². The van der Waals surface area contributed by atoms with Crippen LogP contribution in [0.1, 0.15) is 12.8 Å². The molecular weight excluding hydrogens is 144 g/mol. The largest absolute Gasteiger partial charge is 0.306 e. The van der Waals surface area contributed by atoms with Crippen LogP contribution < -0.4 is 4.72 Å². The summed E-state index contributed by atoms with van der Waals surface area (Å²) in [6.07, 6.45) is 2.55.